The Bertz CT molecular complexity index is 297. The molecule has 0 spiro atoms. The second kappa shape index (κ2) is 9.12. The van der Waals surface area contributed by atoms with E-state index in [1.165, 1.54) is 5.56 Å². The molecule has 0 amide bonds. The molecule has 0 aromatic heterocycles. The van der Waals surface area contributed by atoms with E-state index in [9.17, 15) is 5.11 Å². The fourth-order valence-corrected chi connectivity index (χ4v) is 1.84. The molecule has 1 aromatic rings. The Morgan fingerprint density at radius 3 is 2.22 bits per heavy atom. The number of hydrogen-bond donors (Lipinski definition) is 2. The quantitative estimate of drug-likeness (QED) is 0.780. The summed E-state index contributed by atoms with van der Waals surface area (Å²) in [6.45, 7) is 8.11. The largest absolute Gasteiger partial charge is 0.392 e. The van der Waals surface area contributed by atoms with Gasteiger partial charge in [0.05, 0.1) is 6.10 Å². The molecule has 0 aliphatic heterocycles. The van der Waals surface area contributed by atoms with Crippen molar-refractivity contribution >= 4 is 0 Å². The summed E-state index contributed by atoms with van der Waals surface area (Å²) in [4.78, 5) is 0. The number of hydrogen-bond acceptors (Lipinski definition) is 2. The van der Waals surface area contributed by atoms with Gasteiger partial charge in [0.2, 0.25) is 0 Å². The lowest BCUT2D eigenvalue weighted by molar-refractivity contribution is 0.114. The maximum Gasteiger partial charge on any atom is 0.0693 e. The van der Waals surface area contributed by atoms with E-state index in [0.717, 1.165) is 13.0 Å². The summed E-state index contributed by atoms with van der Waals surface area (Å²) in [6.07, 6.45) is 0.666. The molecule has 1 rings (SSSR count). The third-order valence-electron chi connectivity index (χ3n) is 2.96. The average Bonchev–Trinajstić information content (AvgIpc) is 2.29. The number of benzene rings is 1. The first-order valence-electron chi connectivity index (χ1n) is 6.52. The summed E-state index contributed by atoms with van der Waals surface area (Å²) in [6, 6.07) is 10.3. The molecule has 0 radical (unpaired) electrons. The van der Waals surface area contributed by atoms with Crippen molar-refractivity contribution in [2.24, 2.45) is 11.8 Å². The lowest BCUT2D eigenvalue weighted by atomic mass is 9.96. The molecule has 0 heterocycles. The number of aliphatic hydroxyl groups is 1. The zero-order valence-corrected chi connectivity index (χ0v) is 11.2. The Morgan fingerprint density at radius 1 is 1.06 bits per heavy atom. The van der Waals surface area contributed by atoms with E-state index in [2.05, 4.69) is 38.2 Å². The van der Waals surface area contributed by atoms with E-state index in [0.29, 0.717) is 12.5 Å². The fraction of sp³-hybridized carbons (Fsp3) is 0.625. The van der Waals surface area contributed by atoms with Gasteiger partial charge in [-0.05, 0) is 30.4 Å². The van der Waals surface area contributed by atoms with Gasteiger partial charge in [0, 0.05) is 6.54 Å². The summed E-state index contributed by atoms with van der Waals surface area (Å²) in [5.74, 6) is 0.920. The Morgan fingerprint density at radius 2 is 1.67 bits per heavy atom. The SMILES string of the molecule is C.CC(C)CNC[C@@H](O)[C@@H](C)Cc1ccccc1. The molecular weight excluding hydrogens is 222 g/mol. The van der Waals surface area contributed by atoms with Crippen LogP contribution < -0.4 is 5.32 Å². The van der Waals surface area contributed by atoms with Gasteiger partial charge in [0.1, 0.15) is 0 Å². The normalized spacial score (nSPS) is 14.1. The van der Waals surface area contributed by atoms with Crippen LogP contribution >= 0.6 is 0 Å². The van der Waals surface area contributed by atoms with Crippen LogP contribution in [0.15, 0.2) is 30.3 Å². The van der Waals surface area contributed by atoms with Crippen molar-refractivity contribution < 1.29 is 5.11 Å². The second-order valence-electron chi connectivity index (χ2n) is 5.29. The van der Waals surface area contributed by atoms with Crippen LogP contribution in [0.1, 0.15) is 33.8 Å². The van der Waals surface area contributed by atoms with Crippen LogP contribution in [-0.4, -0.2) is 24.3 Å². The highest BCUT2D eigenvalue weighted by atomic mass is 16.3. The molecular formula is C16H29NO. The first kappa shape index (κ1) is 17.1. The van der Waals surface area contributed by atoms with Crippen molar-refractivity contribution in [3.8, 4) is 0 Å². The first-order chi connectivity index (χ1) is 8.09. The Kier molecular flexibility index (Phi) is 8.69. The standard InChI is InChI=1S/C15H25NO.CH4/c1-12(2)10-16-11-15(17)13(3)9-14-7-5-4-6-8-14;/h4-8,12-13,15-17H,9-11H2,1-3H3;1H4/t13-,15+;/m0./s1. The van der Waals surface area contributed by atoms with Gasteiger partial charge < -0.3 is 10.4 Å². The predicted octanol–water partition coefficient (Wildman–Crippen LogP) is 3.11. The molecule has 104 valence electrons. The highest BCUT2D eigenvalue weighted by Gasteiger charge is 2.14. The monoisotopic (exact) mass is 251 g/mol. The molecule has 0 saturated heterocycles. The highest BCUT2D eigenvalue weighted by molar-refractivity contribution is 5.15. The van der Waals surface area contributed by atoms with Crippen molar-refractivity contribution in [1.82, 2.24) is 5.32 Å². The molecule has 1 aromatic carbocycles. The van der Waals surface area contributed by atoms with Crippen LogP contribution in [0.4, 0.5) is 0 Å². The zero-order valence-electron chi connectivity index (χ0n) is 11.2. The van der Waals surface area contributed by atoms with Crippen LogP contribution in [0.5, 0.6) is 0 Å². The van der Waals surface area contributed by atoms with Gasteiger partial charge in [0.15, 0.2) is 0 Å². The number of nitrogens with one attached hydrogen (secondary N) is 1. The number of aliphatic hydroxyl groups excluding tert-OH is 1. The van der Waals surface area contributed by atoms with Gasteiger partial charge in [-0.1, -0.05) is 58.5 Å². The number of rotatable bonds is 7. The summed E-state index contributed by atoms with van der Waals surface area (Å²) in [5.41, 5.74) is 1.29. The zero-order chi connectivity index (χ0) is 12.7. The molecule has 0 aliphatic carbocycles. The molecule has 2 N–H and O–H groups in total. The molecule has 18 heavy (non-hydrogen) atoms. The van der Waals surface area contributed by atoms with Crippen LogP contribution in [0.3, 0.4) is 0 Å². The van der Waals surface area contributed by atoms with Gasteiger partial charge >= 0.3 is 0 Å². The Balaban J connectivity index is 0.00000289. The third-order valence-corrected chi connectivity index (χ3v) is 2.96. The van der Waals surface area contributed by atoms with Gasteiger partial charge in [-0.2, -0.15) is 0 Å². The van der Waals surface area contributed by atoms with Crippen LogP contribution in [0.2, 0.25) is 0 Å². The van der Waals surface area contributed by atoms with E-state index in [1.807, 2.05) is 18.2 Å². The maximum atomic E-state index is 10.0. The van der Waals surface area contributed by atoms with E-state index >= 15 is 0 Å². The molecule has 2 heteroatoms. The minimum absolute atomic E-state index is 0. The summed E-state index contributed by atoms with van der Waals surface area (Å²) in [5, 5.41) is 13.3. The van der Waals surface area contributed by atoms with Gasteiger partial charge in [-0.15, -0.1) is 0 Å². The fourth-order valence-electron chi connectivity index (χ4n) is 1.84. The lowest BCUT2D eigenvalue weighted by Gasteiger charge is -2.20. The van der Waals surface area contributed by atoms with Gasteiger partial charge in [-0.3, -0.25) is 0 Å². The van der Waals surface area contributed by atoms with Crippen molar-refractivity contribution in [1.29, 1.82) is 0 Å². The van der Waals surface area contributed by atoms with E-state index in [-0.39, 0.29) is 19.4 Å². The second-order valence-corrected chi connectivity index (χ2v) is 5.29. The van der Waals surface area contributed by atoms with Crippen LogP contribution in [0, 0.1) is 11.8 Å². The molecule has 0 unspecified atom stereocenters. The molecule has 2 nitrogen and oxygen atoms in total. The van der Waals surface area contributed by atoms with E-state index in [4.69, 9.17) is 0 Å². The smallest absolute Gasteiger partial charge is 0.0693 e. The van der Waals surface area contributed by atoms with E-state index in [1.54, 1.807) is 0 Å². The van der Waals surface area contributed by atoms with Crippen molar-refractivity contribution in [3.63, 3.8) is 0 Å². The molecule has 0 fully saturated rings. The Labute approximate surface area is 112 Å². The highest BCUT2D eigenvalue weighted by Crippen LogP contribution is 2.11. The molecule has 2 atom stereocenters. The van der Waals surface area contributed by atoms with Gasteiger partial charge in [-0.25, -0.2) is 0 Å². The lowest BCUT2D eigenvalue weighted by Crippen LogP contribution is -2.34. The van der Waals surface area contributed by atoms with Gasteiger partial charge in [0.25, 0.3) is 0 Å². The summed E-state index contributed by atoms with van der Waals surface area (Å²) in [7, 11) is 0. The van der Waals surface area contributed by atoms with Crippen molar-refractivity contribution in [2.45, 2.75) is 40.7 Å². The minimum Gasteiger partial charge on any atom is -0.392 e. The van der Waals surface area contributed by atoms with Crippen molar-refractivity contribution in [3.05, 3.63) is 35.9 Å². The molecule has 0 saturated carbocycles. The van der Waals surface area contributed by atoms with E-state index < -0.39 is 0 Å². The average molecular weight is 251 g/mol. The minimum atomic E-state index is -0.269. The van der Waals surface area contributed by atoms with Crippen LogP contribution in [0.25, 0.3) is 0 Å². The third kappa shape index (κ3) is 6.77. The van der Waals surface area contributed by atoms with Crippen molar-refractivity contribution in [2.75, 3.05) is 13.1 Å². The predicted molar refractivity (Wildman–Crippen MR) is 79.8 cm³/mol. The maximum absolute atomic E-state index is 10.0. The summed E-state index contributed by atoms with van der Waals surface area (Å²) < 4.78 is 0. The van der Waals surface area contributed by atoms with Crippen LogP contribution in [-0.2, 0) is 6.42 Å². The molecule has 0 aliphatic rings. The summed E-state index contributed by atoms with van der Waals surface area (Å²) >= 11 is 0. The Hall–Kier alpha value is -0.860. The topological polar surface area (TPSA) is 32.3 Å². The molecule has 0 bridgehead atoms. The first-order valence-corrected chi connectivity index (χ1v) is 6.52.